The van der Waals surface area contributed by atoms with Gasteiger partial charge in [-0.05, 0) is 47.5 Å². The summed E-state index contributed by atoms with van der Waals surface area (Å²) < 4.78 is 27.5. The molecule has 1 aliphatic rings. The number of halogens is 1. The molecule has 0 aliphatic carbocycles. The average Bonchev–Trinajstić information content (AvgIpc) is 3.44. The smallest absolute Gasteiger partial charge is 0.237 e. The minimum absolute atomic E-state index is 0.249. The maximum Gasteiger partial charge on any atom is 0.237 e. The van der Waals surface area contributed by atoms with Gasteiger partial charge in [0.15, 0.2) is 0 Å². The SMILES string of the molecule is COc1nc(C2CNCCO2)c(-c2cnn(C)c2)cc1Nc1ncc(Br)c(Nc2ccc3nccnc3c2P(C)(C)=O)n1. The van der Waals surface area contributed by atoms with Gasteiger partial charge in [-0.25, -0.2) is 9.97 Å². The van der Waals surface area contributed by atoms with Crippen LogP contribution in [0.2, 0.25) is 0 Å². The molecule has 0 spiro atoms. The highest BCUT2D eigenvalue weighted by atomic mass is 79.9. The molecule has 3 N–H and O–H groups in total. The first-order chi connectivity index (χ1) is 20.7. The maximum absolute atomic E-state index is 13.4. The average molecular weight is 665 g/mol. The van der Waals surface area contributed by atoms with Crippen LogP contribution in [-0.4, -0.2) is 74.8 Å². The number of benzene rings is 1. The summed E-state index contributed by atoms with van der Waals surface area (Å²) in [5, 5.41) is 14.9. The van der Waals surface area contributed by atoms with E-state index in [1.165, 1.54) is 0 Å². The molecule has 4 aromatic heterocycles. The van der Waals surface area contributed by atoms with Crippen molar-refractivity contribution in [3.63, 3.8) is 0 Å². The van der Waals surface area contributed by atoms with Gasteiger partial charge in [-0.1, -0.05) is 0 Å². The lowest BCUT2D eigenvalue weighted by molar-refractivity contribution is 0.0251. The molecule has 0 bridgehead atoms. The Balaban J connectivity index is 1.38. The number of anilines is 4. The molecule has 1 atom stereocenters. The predicted molar refractivity (Wildman–Crippen MR) is 169 cm³/mol. The number of aryl methyl sites for hydroxylation is 1. The molecule has 5 aromatic rings. The van der Waals surface area contributed by atoms with Crippen LogP contribution in [-0.2, 0) is 16.3 Å². The maximum atomic E-state index is 13.4. The Bertz CT molecular complexity index is 1850. The highest BCUT2D eigenvalue weighted by Gasteiger charge is 2.26. The number of ether oxygens (including phenoxy) is 2. The van der Waals surface area contributed by atoms with Gasteiger partial charge in [-0.3, -0.25) is 14.6 Å². The topological polar surface area (TPSA) is 154 Å². The van der Waals surface area contributed by atoms with Crippen molar-refractivity contribution in [2.45, 2.75) is 6.10 Å². The fourth-order valence-electron chi connectivity index (χ4n) is 4.96. The molecule has 15 heteroatoms. The minimum Gasteiger partial charge on any atom is -0.480 e. The zero-order chi connectivity index (χ0) is 30.1. The molecule has 0 radical (unpaired) electrons. The number of methoxy groups -OCH3 is 1. The lowest BCUT2D eigenvalue weighted by Crippen LogP contribution is -2.34. The Kier molecular flexibility index (Phi) is 8.10. The van der Waals surface area contributed by atoms with Gasteiger partial charge < -0.3 is 30.0 Å². The number of hydrogen-bond acceptors (Lipinski definition) is 12. The van der Waals surface area contributed by atoms with Crippen LogP contribution >= 0.6 is 23.1 Å². The van der Waals surface area contributed by atoms with Crippen molar-refractivity contribution in [2.24, 2.45) is 7.05 Å². The van der Waals surface area contributed by atoms with Gasteiger partial charge in [0.1, 0.15) is 30.3 Å². The number of pyridine rings is 1. The van der Waals surface area contributed by atoms with E-state index < -0.39 is 7.14 Å². The summed E-state index contributed by atoms with van der Waals surface area (Å²) in [6.07, 6.45) is 8.31. The quantitative estimate of drug-likeness (QED) is 0.202. The lowest BCUT2D eigenvalue weighted by Gasteiger charge is -2.25. The Morgan fingerprint density at radius 3 is 2.67 bits per heavy atom. The number of fused-ring (bicyclic) bond motifs is 1. The molecular weight excluding hydrogens is 635 g/mol. The van der Waals surface area contributed by atoms with E-state index in [-0.39, 0.29) is 6.10 Å². The van der Waals surface area contributed by atoms with Crippen molar-refractivity contribution in [3.8, 4) is 17.0 Å². The van der Waals surface area contributed by atoms with E-state index in [1.54, 1.807) is 49.9 Å². The molecule has 0 saturated carbocycles. The standard InChI is InChI=1S/C28H30BrN10O3P/c1-39-15-16(12-34-39)17-11-21(27(41-2)37-23(17)22-14-30-9-10-42-22)36-28-33-13-18(29)26(38-28)35-20-6-5-19-24(32-8-7-31-19)25(20)43(3,4)40/h5-8,11-13,15,22,30H,9-10,14H2,1-4H3,(H2,33,35,36,38). The molecule has 5 heterocycles. The normalized spacial score (nSPS) is 15.4. The summed E-state index contributed by atoms with van der Waals surface area (Å²) in [7, 11) is 0.664. The van der Waals surface area contributed by atoms with Crippen LogP contribution in [0.1, 0.15) is 11.8 Å². The number of rotatable bonds is 8. The Morgan fingerprint density at radius 1 is 1.12 bits per heavy atom. The molecule has 0 amide bonds. The summed E-state index contributed by atoms with van der Waals surface area (Å²) >= 11 is 3.55. The molecule has 1 saturated heterocycles. The van der Waals surface area contributed by atoms with Crippen molar-refractivity contribution in [1.82, 2.24) is 40.0 Å². The van der Waals surface area contributed by atoms with Crippen molar-refractivity contribution in [3.05, 3.63) is 59.3 Å². The molecule has 1 fully saturated rings. The van der Waals surface area contributed by atoms with Crippen molar-refractivity contribution >= 4 is 62.6 Å². The number of nitrogens with zero attached hydrogens (tertiary/aromatic N) is 7. The third-order valence-electron chi connectivity index (χ3n) is 6.85. The summed E-state index contributed by atoms with van der Waals surface area (Å²) in [4.78, 5) is 22.9. The fourth-order valence-corrected chi connectivity index (χ4v) is 6.65. The lowest BCUT2D eigenvalue weighted by atomic mass is 10.0. The third-order valence-corrected chi connectivity index (χ3v) is 8.96. The number of aromatic nitrogens is 7. The number of morpholine rings is 1. The van der Waals surface area contributed by atoms with Crippen LogP contribution in [0.5, 0.6) is 5.88 Å². The molecule has 1 aromatic carbocycles. The van der Waals surface area contributed by atoms with Gasteiger partial charge in [0.05, 0.1) is 46.6 Å². The highest BCUT2D eigenvalue weighted by molar-refractivity contribution is 9.10. The van der Waals surface area contributed by atoms with Gasteiger partial charge in [0.25, 0.3) is 0 Å². The molecule has 1 unspecified atom stereocenters. The third kappa shape index (κ3) is 6.09. The van der Waals surface area contributed by atoms with Gasteiger partial charge in [0, 0.05) is 56.1 Å². The van der Waals surface area contributed by atoms with Gasteiger partial charge in [0.2, 0.25) is 11.8 Å². The van der Waals surface area contributed by atoms with E-state index in [4.69, 9.17) is 19.4 Å². The summed E-state index contributed by atoms with van der Waals surface area (Å²) in [5.74, 6) is 1.13. The van der Waals surface area contributed by atoms with Crippen LogP contribution < -0.4 is 26.0 Å². The first-order valence-corrected chi connectivity index (χ1v) is 16.9. The number of hydrogen-bond donors (Lipinski definition) is 3. The molecular formula is C28H30BrN10O3P. The van der Waals surface area contributed by atoms with Gasteiger partial charge >= 0.3 is 0 Å². The van der Waals surface area contributed by atoms with E-state index in [9.17, 15) is 4.57 Å². The zero-order valence-corrected chi connectivity index (χ0v) is 26.5. The molecule has 222 valence electrons. The van der Waals surface area contributed by atoms with Crippen molar-refractivity contribution < 1.29 is 14.0 Å². The predicted octanol–water partition coefficient (Wildman–Crippen LogP) is 4.38. The van der Waals surface area contributed by atoms with Crippen LogP contribution in [0.4, 0.5) is 23.1 Å². The molecule has 43 heavy (non-hydrogen) atoms. The van der Waals surface area contributed by atoms with E-state index in [1.807, 2.05) is 31.4 Å². The fraction of sp³-hybridized carbons (Fsp3) is 0.286. The van der Waals surface area contributed by atoms with Crippen molar-refractivity contribution in [1.29, 1.82) is 0 Å². The Labute approximate surface area is 256 Å². The summed E-state index contributed by atoms with van der Waals surface area (Å²) in [6, 6.07) is 5.61. The molecule has 1 aliphatic heterocycles. The Hall–Kier alpha value is -3.97. The Morgan fingerprint density at radius 2 is 1.95 bits per heavy atom. The van der Waals surface area contributed by atoms with Gasteiger partial charge in [-0.2, -0.15) is 10.1 Å². The van der Waals surface area contributed by atoms with E-state index in [0.29, 0.717) is 63.0 Å². The first-order valence-electron chi connectivity index (χ1n) is 13.5. The largest absolute Gasteiger partial charge is 0.480 e. The second-order valence-corrected chi connectivity index (χ2v) is 14.3. The van der Waals surface area contributed by atoms with E-state index in [2.05, 4.69) is 51.9 Å². The minimum atomic E-state index is -2.77. The van der Waals surface area contributed by atoms with E-state index in [0.717, 1.165) is 23.4 Å². The molecule has 6 rings (SSSR count). The van der Waals surface area contributed by atoms with Crippen LogP contribution in [0.3, 0.4) is 0 Å². The second-order valence-electron chi connectivity index (χ2n) is 10.3. The van der Waals surface area contributed by atoms with Crippen LogP contribution in [0.15, 0.2) is 53.7 Å². The first kappa shape index (κ1) is 29.1. The monoisotopic (exact) mass is 664 g/mol. The molecule has 13 nitrogen and oxygen atoms in total. The highest BCUT2D eigenvalue weighted by Crippen LogP contribution is 2.41. The zero-order valence-electron chi connectivity index (χ0n) is 24.0. The second kappa shape index (κ2) is 12.0. The summed E-state index contributed by atoms with van der Waals surface area (Å²) in [5.41, 5.74) is 4.92. The van der Waals surface area contributed by atoms with E-state index >= 15 is 0 Å². The number of nitrogens with one attached hydrogen (secondary N) is 3. The van der Waals surface area contributed by atoms with Crippen LogP contribution in [0, 0.1) is 0 Å². The van der Waals surface area contributed by atoms with Crippen LogP contribution in [0.25, 0.3) is 22.2 Å². The van der Waals surface area contributed by atoms with Gasteiger partial charge in [-0.15, -0.1) is 0 Å². The van der Waals surface area contributed by atoms with Crippen molar-refractivity contribution in [2.75, 3.05) is 50.8 Å². The summed E-state index contributed by atoms with van der Waals surface area (Å²) in [6.45, 7) is 5.42.